The highest BCUT2D eigenvalue weighted by molar-refractivity contribution is 5.94. The summed E-state index contributed by atoms with van der Waals surface area (Å²) in [5.41, 5.74) is 3.39. The fourth-order valence-corrected chi connectivity index (χ4v) is 3.22. The quantitative estimate of drug-likeness (QED) is 0.471. The Bertz CT molecular complexity index is 1290. The van der Waals surface area contributed by atoms with Crippen LogP contribution in [0.15, 0.2) is 59.4 Å². The molecule has 0 atom stereocenters. The number of hydrogen-bond donors (Lipinski definition) is 1. The molecule has 0 radical (unpaired) electrons. The van der Waals surface area contributed by atoms with Crippen LogP contribution in [0, 0.1) is 12.7 Å². The van der Waals surface area contributed by atoms with Gasteiger partial charge in [-0.05, 0) is 31.2 Å². The van der Waals surface area contributed by atoms with E-state index in [1.54, 1.807) is 36.5 Å². The van der Waals surface area contributed by atoms with Crippen molar-refractivity contribution in [2.45, 2.75) is 39.7 Å². The molecule has 0 bridgehead atoms. The van der Waals surface area contributed by atoms with Gasteiger partial charge in [-0.1, -0.05) is 38.1 Å². The van der Waals surface area contributed by atoms with Gasteiger partial charge in [-0.3, -0.25) is 9.78 Å². The van der Waals surface area contributed by atoms with Crippen LogP contribution < -0.4 is 5.32 Å². The number of carbonyl (C=O) groups is 1. The Labute approximate surface area is 191 Å². The van der Waals surface area contributed by atoms with E-state index in [-0.39, 0.29) is 23.7 Å². The molecule has 8 heteroatoms. The lowest BCUT2D eigenvalue weighted by Gasteiger charge is -2.18. The third-order valence-corrected chi connectivity index (χ3v) is 4.99. The third kappa shape index (κ3) is 5.11. The molecule has 1 N–H and O–H groups in total. The van der Waals surface area contributed by atoms with E-state index in [4.69, 9.17) is 9.51 Å². The number of aromatic nitrogens is 4. The topological polar surface area (TPSA) is 93.8 Å². The van der Waals surface area contributed by atoms with Crippen LogP contribution in [-0.4, -0.2) is 26.0 Å². The molecular formula is C25H24FN5O2. The average molecular weight is 445 g/mol. The SMILES string of the molecule is Cc1cc(-c2cnc(C(C)(C)C)nc2CNC(=O)c2ccc(-c3cccc(F)c3)nc2)on1. The van der Waals surface area contributed by atoms with Crippen LogP contribution in [0.1, 0.15) is 48.3 Å². The number of benzene rings is 1. The minimum Gasteiger partial charge on any atom is -0.356 e. The summed E-state index contributed by atoms with van der Waals surface area (Å²) in [6, 6.07) is 11.3. The number of hydrogen-bond acceptors (Lipinski definition) is 6. The first kappa shape index (κ1) is 22.3. The van der Waals surface area contributed by atoms with Crippen LogP contribution in [-0.2, 0) is 12.0 Å². The first-order chi connectivity index (χ1) is 15.7. The number of nitrogens with zero attached hydrogens (tertiary/aromatic N) is 4. The zero-order chi connectivity index (χ0) is 23.6. The highest BCUT2D eigenvalue weighted by atomic mass is 19.1. The van der Waals surface area contributed by atoms with Gasteiger partial charge < -0.3 is 9.84 Å². The fourth-order valence-electron chi connectivity index (χ4n) is 3.22. The molecule has 0 unspecified atom stereocenters. The summed E-state index contributed by atoms with van der Waals surface area (Å²) in [5, 5.41) is 6.83. The van der Waals surface area contributed by atoms with Gasteiger partial charge in [0.2, 0.25) is 0 Å². The number of nitrogens with one attached hydrogen (secondary N) is 1. The molecule has 0 saturated heterocycles. The molecule has 33 heavy (non-hydrogen) atoms. The maximum absolute atomic E-state index is 13.5. The predicted molar refractivity (Wildman–Crippen MR) is 122 cm³/mol. The molecule has 3 aromatic heterocycles. The monoisotopic (exact) mass is 445 g/mol. The first-order valence-electron chi connectivity index (χ1n) is 10.5. The molecule has 0 fully saturated rings. The van der Waals surface area contributed by atoms with Crippen LogP contribution in [0.2, 0.25) is 0 Å². The van der Waals surface area contributed by atoms with Gasteiger partial charge in [-0.2, -0.15) is 0 Å². The third-order valence-electron chi connectivity index (χ3n) is 4.99. The van der Waals surface area contributed by atoms with E-state index in [0.29, 0.717) is 39.7 Å². The van der Waals surface area contributed by atoms with Crippen LogP contribution in [0.25, 0.3) is 22.6 Å². The first-order valence-corrected chi connectivity index (χ1v) is 10.5. The minimum atomic E-state index is -0.339. The normalized spacial score (nSPS) is 11.4. The number of halogens is 1. The summed E-state index contributed by atoms with van der Waals surface area (Å²) in [5.74, 6) is 0.559. The number of pyridine rings is 1. The molecule has 7 nitrogen and oxygen atoms in total. The van der Waals surface area contributed by atoms with Gasteiger partial charge >= 0.3 is 0 Å². The van der Waals surface area contributed by atoms with Crippen LogP contribution >= 0.6 is 0 Å². The maximum Gasteiger partial charge on any atom is 0.253 e. The summed E-state index contributed by atoms with van der Waals surface area (Å²) in [6.07, 6.45) is 3.17. The van der Waals surface area contributed by atoms with E-state index in [1.165, 1.54) is 18.3 Å². The Morgan fingerprint density at radius 2 is 1.91 bits per heavy atom. The van der Waals surface area contributed by atoms with Crippen LogP contribution in [0.3, 0.4) is 0 Å². The maximum atomic E-state index is 13.5. The summed E-state index contributed by atoms with van der Waals surface area (Å²) in [7, 11) is 0. The summed E-state index contributed by atoms with van der Waals surface area (Å²) < 4.78 is 18.9. The second-order valence-electron chi connectivity index (χ2n) is 8.76. The van der Waals surface area contributed by atoms with Gasteiger partial charge in [0.1, 0.15) is 11.6 Å². The highest BCUT2D eigenvalue weighted by Gasteiger charge is 2.21. The van der Waals surface area contributed by atoms with E-state index in [0.717, 1.165) is 5.69 Å². The smallest absolute Gasteiger partial charge is 0.253 e. The fraction of sp³-hybridized carbons (Fsp3) is 0.240. The zero-order valence-electron chi connectivity index (χ0n) is 18.9. The molecular weight excluding hydrogens is 421 g/mol. The second-order valence-corrected chi connectivity index (χ2v) is 8.76. The van der Waals surface area contributed by atoms with Crippen LogP contribution in [0.5, 0.6) is 0 Å². The number of aryl methyl sites for hydroxylation is 1. The van der Waals surface area contributed by atoms with Crippen molar-refractivity contribution in [3.8, 4) is 22.6 Å². The van der Waals surface area contributed by atoms with E-state index >= 15 is 0 Å². The molecule has 3 heterocycles. The summed E-state index contributed by atoms with van der Waals surface area (Å²) in [6.45, 7) is 8.07. The standard InChI is InChI=1S/C25H24FN5O2/c1-15-10-22(33-31-15)19-13-29-24(25(2,3)4)30-21(19)14-28-23(32)17-8-9-20(27-12-17)16-6-5-7-18(26)11-16/h5-13H,14H2,1-4H3,(H,28,32). The van der Waals surface area contributed by atoms with Crippen LogP contribution in [0.4, 0.5) is 4.39 Å². The van der Waals surface area contributed by atoms with E-state index in [1.807, 2.05) is 27.7 Å². The molecule has 168 valence electrons. The molecule has 0 aliphatic carbocycles. The van der Waals surface area contributed by atoms with E-state index in [9.17, 15) is 9.18 Å². The highest BCUT2D eigenvalue weighted by Crippen LogP contribution is 2.26. The molecule has 4 rings (SSSR count). The van der Waals surface area contributed by atoms with Crippen molar-refractivity contribution in [2.24, 2.45) is 0 Å². The number of carbonyl (C=O) groups excluding carboxylic acids is 1. The Balaban J connectivity index is 1.55. The summed E-state index contributed by atoms with van der Waals surface area (Å²) >= 11 is 0. The van der Waals surface area contributed by atoms with Gasteiger partial charge in [-0.25, -0.2) is 14.4 Å². The van der Waals surface area contributed by atoms with Gasteiger partial charge in [0.15, 0.2) is 5.76 Å². The van der Waals surface area contributed by atoms with Crippen molar-refractivity contribution in [2.75, 3.05) is 0 Å². The van der Waals surface area contributed by atoms with E-state index < -0.39 is 0 Å². The zero-order valence-corrected chi connectivity index (χ0v) is 18.9. The average Bonchev–Trinajstić information content (AvgIpc) is 3.23. The van der Waals surface area contributed by atoms with Crippen molar-refractivity contribution in [1.29, 1.82) is 0 Å². The van der Waals surface area contributed by atoms with E-state index in [2.05, 4.69) is 20.4 Å². The number of amides is 1. The Morgan fingerprint density at radius 3 is 2.55 bits per heavy atom. The van der Waals surface area contributed by atoms with Crippen molar-refractivity contribution >= 4 is 5.91 Å². The lowest BCUT2D eigenvalue weighted by molar-refractivity contribution is 0.0950. The molecule has 0 aliphatic rings. The number of rotatable bonds is 5. The van der Waals surface area contributed by atoms with Crippen molar-refractivity contribution in [3.63, 3.8) is 0 Å². The van der Waals surface area contributed by atoms with Gasteiger partial charge in [0.05, 0.1) is 34.8 Å². The Morgan fingerprint density at radius 1 is 1.09 bits per heavy atom. The molecule has 0 spiro atoms. The van der Waals surface area contributed by atoms with Gasteiger partial charge in [0, 0.05) is 29.4 Å². The Kier molecular flexibility index (Phi) is 6.00. The summed E-state index contributed by atoms with van der Waals surface area (Å²) in [4.78, 5) is 26.2. The molecule has 0 aliphatic heterocycles. The largest absolute Gasteiger partial charge is 0.356 e. The molecule has 1 amide bonds. The molecule has 4 aromatic rings. The second kappa shape index (κ2) is 8.90. The minimum absolute atomic E-state index is 0.172. The lowest BCUT2D eigenvalue weighted by Crippen LogP contribution is -2.25. The van der Waals surface area contributed by atoms with Crippen molar-refractivity contribution < 1.29 is 13.7 Å². The van der Waals surface area contributed by atoms with Gasteiger partial charge in [0.25, 0.3) is 5.91 Å². The lowest BCUT2D eigenvalue weighted by atomic mass is 9.95. The van der Waals surface area contributed by atoms with Crippen molar-refractivity contribution in [3.05, 3.63) is 83.5 Å². The predicted octanol–water partition coefficient (Wildman–Crippen LogP) is 4.87. The van der Waals surface area contributed by atoms with Crippen molar-refractivity contribution in [1.82, 2.24) is 25.4 Å². The Hall–Kier alpha value is -3.94. The van der Waals surface area contributed by atoms with Gasteiger partial charge in [-0.15, -0.1) is 0 Å². The molecule has 1 aromatic carbocycles. The molecule has 0 saturated carbocycles.